The predicted molar refractivity (Wildman–Crippen MR) is 39.7 cm³/mol. The Morgan fingerprint density at radius 3 is 2.30 bits per heavy atom. The van der Waals surface area contributed by atoms with E-state index >= 15 is 0 Å². The molecule has 0 aliphatic heterocycles. The zero-order valence-electron chi connectivity index (χ0n) is 6.39. The molecule has 0 amide bonds. The summed E-state index contributed by atoms with van der Waals surface area (Å²) >= 11 is 0. The largest absolute Gasteiger partial charge is 0.300 e. The number of aldehydes is 1. The predicted octanol–water partition coefficient (Wildman–Crippen LogP) is 1.50. The normalized spacial score (nSPS) is 11.2. The second-order valence-electron chi connectivity index (χ2n) is 2.18. The van der Waals surface area contributed by atoms with E-state index in [2.05, 4.69) is 0 Å². The van der Waals surface area contributed by atoms with E-state index in [9.17, 15) is 9.59 Å². The van der Waals surface area contributed by atoms with Crippen molar-refractivity contribution in [1.82, 2.24) is 0 Å². The van der Waals surface area contributed by atoms with Gasteiger partial charge in [-0.25, -0.2) is 0 Å². The topological polar surface area (TPSA) is 34.1 Å². The van der Waals surface area contributed by atoms with Crippen LogP contribution in [0.25, 0.3) is 0 Å². The molecular weight excluding hydrogens is 128 g/mol. The van der Waals surface area contributed by atoms with Gasteiger partial charge in [0.1, 0.15) is 12.1 Å². The first kappa shape index (κ1) is 9.08. The van der Waals surface area contributed by atoms with Crippen LogP contribution >= 0.6 is 0 Å². The van der Waals surface area contributed by atoms with Crippen molar-refractivity contribution in [3.05, 3.63) is 11.6 Å². The lowest BCUT2D eigenvalue weighted by Gasteiger charge is -1.93. The molecule has 2 heteroatoms. The molecule has 0 saturated carbocycles. The van der Waals surface area contributed by atoms with E-state index < -0.39 is 0 Å². The maximum Gasteiger partial charge on any atom is 0.145 e. The third-order valence-corrected chi connectivity index (χ3v) is 1.29. The maximum absolute atomic E-state index is 10.4. The Balaban J connectivity index is 3.66. The molecule has 0 unspecified atom stereocenters. The number of carbonyl (C=O) groups excluding carboxylic acids is 2. The van der Waals surface area contributed by atoms with Crippen molar-refractivity contribution >= 4 is 12.1 Å². The second-order valence-corrected chi connectivity index (χ2v) is 2.18. The van der Waals surface area contributed by atoms with Crippen molar-refractivity contribution < 1.29 is 9.59 Å². The van der Waals surface area contributed by atoms with Gasteiger partial charge >= 0.3 is 0 Å². The molecule has 0 aliphatic carbocycles. The Bertz CT molecular complexity index is 157. The number of hydrogen-bond donors (Lipinski definition) is 0. The molecule has 0 radical (unpaired) electrons. The summed E-state index contributed by atoms with van der Waals surface area (Å²) in [6.07, 6.45) is 3.58. The minimum Gasteiger partial charge on any atom is -0.300 e. The van der Waals surface area contributed by atoms with Gasteiger partial charge in [0.25, 0.3) is 0 Å². The lowest BCUT2D eigenvalue weighted by atomic mass is 10.1. The molecule has 2 nitrogen and oxygen atoms in total. The van der Waals surface area contributed by atoms with Crippen molar-refractivity contribution in [2.24, 2.45) is 0 Å². The highest BCUT2D eigenvalue weighted by Gasteiger charge is 1.96. The molecule has 0 aliphatic rings. The SMILES string of the molecule is C/C=C(\C=O)CCC(C)=O. The van der Waals surface area contributed by atoms with Crippen LogP contribution in [0.3, 0.4) is 0 Å². The highest BCUT2D eigenvalue weighted by atomic mass is 16.1. The molecule has 0 N–H and O–H groups in total. The summed E-state index contributed by atoms with van der Waals surface area (Å²) in [6.45, 7) is 3.32. The van der Waals surface area contributed by atoms with Crippen molar-refractivity contribution in [3.8, 4) is 0 Å². The number of ketones is 1. The summed E-state index contributed by atoms with van der Waals surface area (Å²) in [4.78, 5) is 20.6. The number of hydrogen-bond acceptors (Lipinski definition) is 2. The fourth-order valence-corrected chi connectivity index (χ4v) is 0.592. The van der Waals surface area contributed by atoms with Gasteiger partial charge in [-0.1, -0.05) is 6.08 Å². The van der Waals surface area contributed by atoms with Crippen LogP contribution in [-0.2, 0) is 9.59 Å². The molecule has 0 bridgehead atoms. The average Bonchev–Trinajstić information content (AvgIpc) is 1.90. The molecule has 0 heterocycles. The van der Waals surface area contributed by atoms with E-state index in [-0.39, 0.29) is 5.78 Å². The third kappa shape index (κ3) is 4.01. The van der Waals surface area contributed by atoms with E-state index in [4.69, 9.17) is 0 Å². The number of allylic oxidation sites excluding steroid dienone is 2. The fourth-order valence-electron chi connectivity index (χ4n) is 0.592. The van der Waals surface area contributed by atoms with Gasteiger partial charge in [0.05, 0.1) is 0 Å². The van der Waals surface area contributed by atoms with Gasteiger partial charge in [-0.2, -0.15) is 0 Å². The van der Waals surface area contributed by atoms with Crippen LogP contribution in [0.2, 0.25) is 0 Å². The fraction of sp³-hybridized carbons (Fsp3) is 0.500. The summed E-state index contributed by atoms with van der Waals surface area (Å²) in [5.74, 6) is 0.126. The molecule has 0 rings (SSSR count). The molecule has 0 aromatic heterocycles. The van der Waals surface area contributed by atoms with E-state index in [1.807, 2.05) is 0 Å². The van der Waals surface area contributed by atoms with Crippen LogP contribution in [0.5, 0.6) is 0 Å². The first-order chi connectivity index (χ1) is 4.70. The summed E-state index contributed by atoms with van der Waals surface area (Å²) in [5.41, 5.74) is 0.704. The van der Waals surface area contributed by atoms with E-state index in [1.54, 1.807) is 13.0 Å². The summed E-state index contributed by atoms with van der Waals surface area (Å²) < 4.78 is 0. The van der Waals surface area contributed by atoms with Crippen molar-refractivity contribution in [3.63, 3.8) is 0 Å². The second kappa shape index (κ2) is 4.91. The molecule has 0 atom stereocenters. The van der Waals surface area contributed by atoms with Gasteiger partial charge in [0, 0.05) is 6.42 Å². The van der Waals surface area contributed by atoms with E-state index in [1.165, 1.54) is 6.92 Å². The van der Waals surface area contributed by atoms with Crippen LogP contribution in [0, 0.1) is 0 Å². The summed E-state index contributed by atoms with van der Waals surface area (Å²) in [5, 5.41) is 0. The molecule has 56 valence electrons. The first-order valence-corrected chi connectivity index (χ1v) is 3.30. The quantitative estimate of drug-likeness (QED) is 0.438. The third-order valence-electron chi connectivity index (χ3n) is 1.29. The van der Waals surface area contributed by atoms with Crippen LogP contribution in [0.1, 0.15) is 26.7 Å². The molecule has 0 spiro atoms. The molecule has 10 heavy (non-hydrogen) atoms. The highest BCUT2D eigenvalue weighted by molar-refractivity contribution is 5.79. The zero-order valence-corrected chi connectivity index (χ0v) is 6.39. The Kier molecular flexibility index (Phi) is 4.46. The van der Waals surface area contributed by atoms with Gasteiger partial charge in [-0.05, 0) is 25.8 Å². The minimum absolute atomic E-state index is 0.126. The van der Waals surface area contributed by atoms with Crippen molar-refractivity contribution in [2.75, 3.05) is 0 Å². The molecule has 0 aromatic rings. The Morgan fingerprint density at radius 2 is 2.00 bits per heavy atom. The van der Waals surface area contributed by atoms with Gasteiger partial charge in [-0.15, -0.1) is 0 Å². The lowest BCUT2D eigenvalue weighted by molar-refractivity contribution is -0.116. The summed E-state index contributed by atoms with van der Waals surface area (Å²) in [6, 6.07) is 0. The Hall–Kier alpha value is -0.920. The highest BCUT2D eigenvalue weighted by Crippen LogP contribution is 2.01. The standard InChI is InChI=1S/C8H12O2/c1-3-8(6-9)5-4-7(2)10/h3,6H,4-5H2,1-2H3/b8-3-. The average molecular weight is 140 g/mol. The van der Waals surface area contributed by atoms with Crippen LogP contribution in [0.4, 0.5) is 0 Å². The van der Waals surface area contributed by atoms with Crippen molar-refractivity contribution in [1.29, 1.82) is 0 Å². The molecule has 0 aromatic carbocycles. The minimum atomic E-state index is 0.126. The molecule has 0 fully saturated rings. The zero-order chi connectivity index (χ0) is 7.98. The Labute approximate surface area is 60.9 Å². The molecule has 0 saturated heterocycles. The van der Waals surface area contributed by atoms with E-state index in [0.717, 1.165) is 6.29 Å². The number of Topliss-reactive ketones (excluding diaryl/α,β-unsaturated/α-hetero) is 1. The number of carbonyl (C=O) groups is 2. The maximum atomic E-state index is 10.4. The van der Waals surface area contributed by atoms with Crippen LogP contribution in [-0.4, -0.2) is 12.1 Å². The van der Waals surface area contributed by atoms with Crippen LogP contribution in [0.15, 0.2) is 11.6 Å². The summed E-state index contributed by atoms with van der Waals surface area (Å²) in [7, 11) is 0. The van der Waals surface area contributed by atoms with Crippen LogP contribution < -0.4 is 0 Å². The monoisotopic (exact) mass is 140 g/mol. The van der Waals surface area contributed by atoms with Gasteiger partial charge in [0.15, 0.2) is 0 Å². The van der Waals surface area contributed by atoms with Gasteiger partial charge < -0.3 is 4.79 Å². The van der Waals surface area contributed by atoms with E-state index in [0.29, 0.717) is 18.4 Å². The lowest BCUT2D eigenvalue weighted by Crippen LogP contribution is -1.92. The Morgan fingerprint density at radius 1 is 1.40 bits per heavy atom. The van der Waals surface area contributed by atoms with Gasteiger partial charge in [-0.3, -0.25) is 4.79 Å². The molecular formula is C8H12O2. The van der Waals surface area contributed by atoms with Crippen molar-refractivity contribution in [2.45, 2.75) is 26.7 Å². The number of rotatable bonds is 4. The smallest absolute Gasteiger partial charge is 0.145 e. The first-order valence-electron chi connectivity index (χ1n) is 3.30. The van der Waals surface area contributed by atoms with Gasteiger partial charge in [0.2, 0.25) is 0 Å².